The molecule has 1 fully saturated rings. The van der Waals surface area contributed by atoms with Crippen LogP contribution < -0.4 is 9.47 Å². The smallest absolute Gasteiger partial charge is 0.251 e. The lowest BCUT2D eigenvalue weighted by Gasteiger charge is -2.30. The monoisotopic (exact) mass is 277 g/mol. The highest BCUT2D eigenvalue weighted by Gasteiger charge is 2.29. The molecule has 0 spiro atoms. The molecule has 2 unspecified atom stereocenters. The fraction of sp³-hybridized carbons (Fsp3) is 0.533. The number of rotatable bonds is 3. The van der Waals surface area contributed by atoms with Gasteiger partial charge in [-0.15, -0.1) is 0 Å². The molecule has 0 aromatic heterocycles. The molecule has 1 amide bonds. The molecule has 2 atom stereocenters. The van der Waals surface area contributed by atoms with Crippen molar-refractivity contribution in [3.63, 3.8) is 0 Å². The van der Waals surface area contributed by atoms with Gasteiger partial charge in [0.25, 0.3) is 5.91 Å². The largest absolute Gasteiger partial charge is 0.486 e. The van der Waals surface area contributed by atoms with E-state index >= 15 is 0 Å². The van der Waals surface area contributed by atoms with E-state index < -0.39 is 0 Å². The molecule has 1 aromatic rings. The average molecular weight is 277 g/mol. The van der Waals surface area contributed by atoms with Gasteiger partial charge in [-0.05, 0) is 25.0 Å². The summed E-state index contributed by atoms with van der Waals surface area (Å²) in [6.07, 6.45) is 1.35. The van der Waals surface area contributed by atoms with Crippen molar-refractivity contribution < 1.29 is 19.0 Å². The number of amides is 1. The molecule has 0 N–H and O–H groups in total. The summed E-state index contributed by atoms with van der Waals surface area (Å²) in [6, 6.07) is 7.58. The Kier molecular flexibility index (Phi) is 3.78. The molecule has 3 rings (SSSR count). The predicted octanol–water partition coefficient (Wildman–Crippen LogP) is 1.46. The van der Waals surface area contributed by atoms with Gasteiger partial charge in [0.05, 0.1) is 6.54 Å². The van der Waals surface area contributed by atoms with E-state index in [1.807, 2.05) is 24.3 Å². The van der Waals surface area contributed by atoms with Gasteiger partial charge in [-0.2, -0.15) is 0 Å². The standard InChI is InChI=1S/C15H19NO4/c1-16(15(17)14-7-4-8-18-14)9-11-10-19-12-5-2-3-6-13(12)20-11/h2-3,5-6,11,14H,4,7-10H2,1H3. The first kappa shape index (κ1) is 13.2. The second-order valence-electron chi connectivity index (χ2n) is 5.22. The van der Waals surface area contributed by atoms with Crippen LogP contribution in [0, 0.1) is 0 Å². The number of nitrogens with zero attached hydrogens (tertiary/aromatic N) is 1. The second-order valence-corrected chi connectivity index (χ2v) is 5.22. The van der Waals surface area contributed by atoms with Gasteiger partial charge in [-0.3, -0.25) is 4.79 Å². The molecule has 1 saturated heterocycles. The van der Waals surface area contributed by atoms with E-state index in [0.717, 1.165) is 24.3 Å². The Morgan fingerprint density at radius 2 is 2.15 bits per heavy atom. The molecular weight excluding hydrogens is 258 g/mol. The number of hydrogen-bond donors (Lipinski definition) is 0. The van der Waals surface area contributed by atoms with E-state index in [-0.39, 0.29) is 18.1 Å². The Bertz CT molecular complexity index is 485. The molecule has 108 valence electrons. The van der Waals surface area contributed by atoms with Crippen LogP contribution >= 0.6 is 0 Å². The molecule has 1 aromatic carbocycles. The third-order valence-corrected chi connectivity index (χ3v) is 3.63. The molecule has 0 radical (unpaired) electrons. The Balaban J connectivity index is 1.57. The van der Waals surface area contributed by atoms with Crippen LogP contribution in [-0.2, 0) is 9.53 Å². The zero-order valence-electron chi connectivity index (χ0n) is 11.6. The van der Waals surface area contributed by atoms with Gasteiger partial charge in [0.15, 0.2) is 17.6 Å². The molecule has 2 aliphatic rings. The van der Waals surface area contributed by atoms with Gasteiger partial charge in [-0.1, -0.05) is 12.1 Å². The van der Waals surface area contributed by atoms with Crippen molar-refractivity contribution in [2.45, 2.75) is 25.0 Å². The van der Waals surface area contributed by atoms with Crippen molar-refractivity contribution in [1.82, 2.24) is 4.90 Å². The number of para-hydroxylation sites is 2. The van der Waals surface area contributed by atoms with Crippen molar-refractivity contribution in [3.8, 4) is 11.5 Å². The first-order chi connectivity index (χ1) is 9.74. The minimum absolute atomic E-state index is 0.0324. The number of carbonyl (C=O) groups excluding carboxylic acids is 1. The Morgan fingerprint density at radius 1 is 1.35 bits per heavy atom. The van der Waals surface area contributed by atoms with Gasteiger partial charge in [0, 0.05) is 13.7 Å². The summed E-state index contributed by atoms with van der Waals surface area (Å²) in [6.45, 7) is 1.65. The molecule has 2 heterocycles. The summed E-state index contributed by atoms with van der Waals surface area (Å²) in [7, 11) is 1.79. The van der Waals surface area contributed by atoms with Gasteiger partial charge < -0.3 is 19.1 Å². The summed E-state index contributed by atoms with van der Waals surface area (Å²) in [4.78, 5) is 13.8. The number of fused-ring (bicyclic) bond motifs is 1. The maximum absolute atomic E-state index is 12.2. The lowest BCUT2D eigenvalue weighted by Crippen LogP contribution is -2.45. The van der Waals surface area contributed by atoms with Crippen molar-refractivity contribution in [2.24, 2.45) is 0 Å². The SMILES string of the molecule is CN(CC1COc2ccccc2O1)C(=O)C1CCCO1. The third kappa shape index (κ3) is 2.72. The number of likely N-dealkylation sites (N-methyl/N-ethyl adjacent to an activating group) is 1. The fourth-order valence-electron chi connectivity index (χ4n) is 2.57. The highest BCUT2D eigenvalue weighted by molar-refractivity contribution is 5.80. The highest BCUT2D eigenvalue weighted by atomic mass is 16.6. The Hall–Kier alpha value is -1.75. The zero-order valence-corrected chi connectivity index (χ0v) is 11.6. The van der Waals surface area contributed by atoms with E-state index in [4.69, 9.17) is 14.2 Å². The van der Waals surface area contributed by atoms with E-state index in [1.165, 1.54) is 0 Å². The van der Waals surface area contributed by atoms with Crippen LogP contribution in [0.5, 0.6) is 11.5 Å². The average Bonchev–Trinajstić information content (AvgIpc) is 3.00. The molecule has 0 saturated carbocycles. The van der Waals surface area contributed by atoms with Crippen molar-refractivity contribution in [3.05, 3.63) is 24.3 Å². The van der Waals surface area contributed by atoms with Crippen molar-refractivity contribution >= 4 is 5.91 Å². The second kappa shape index (κ2) is 5.71. The van der Waals surface area contributed by atoms with Gasteiger partial charge in [0.1, 0.15) is 12.7 Å². The van der Waals surface area contributed by atoms with Crippen LogP contribution in [0.1, 0.15) is 12.8 Å². The van der Waals surface area contributed by atoms with Gasteiger partial charge in [0.2, 0.25) is 0 Å². The lowest BCUT2D eigenvalue weighted by molar-refractivity contribution is -0.140. The molecule has 2 aliphatic heterocycles. The molecule has 5 heteroatoms. The molecular formula is C15H19NO4. The van der Waals surface area contributed by atoms with Crippen LogP contribution in [0.25, 0.3) is 0 Å². The van der Waals surface area contributed by atoms with Gasteiger partial charge in [-0.25, -0.2) is 0 Å². The summed E-state index contributed by atoms with van der Waals surface area (Å²) in [5.41, 5.74) is 0. The van der Waals surface area contributed by atoms with Crippen LogP contribution in [-0.4, -0.2) is 49.8 Å². The molecule has 0 aliphatic carbocycles. The van der Waals surface area contributed by atoms with Crippen molar-refractivity contribution in [2.75, 3.05) is 26.8 Å². The topological polar surface area (TPSA) is 48.0 Å². The van der Waals surface area contributed by atoms with Crippen LogP contribution in [0.15, 0.2) is 24.3 Å². The van der Waals surface area contributed by atoms with E-state index in [2.05, 4.69) is 0 Å². The minimum atomic E-state index is -0.281. The third-order valence-electron chi connectivity index (χ3n) is 3.63. The van der Waals surface area contributed by atoms with Crippen LogP contribution in [0.2, 0.25) is 0 Å². The number of ether oxygens (including phenoxy) is 3. The molecule has 20 heavy (non-hydrogen) atoms. The lowest BCUT2D eigenvalue weighted by atomic mass is 10.2. The van der Waals surface area contributed by atoms with Crippen LogP contribution in [0.4, 0.5) is 0 Å². The summed E-state index contributed by atoms with van der Waals surface area (Å²) in [5.74, 6) is 1.53. The van der Waals surface area contributed by atoms with E-state index in [9.17, 15) is 4.79 Å². The summed E-state index contributed by atoms with van der Waals surface area (Å²) in [5, 5.41) is 0. The van der Waals surface area contributed by atoms with Gasteiger partial charge >= 0.3 is 0 Å². The Morgan fingerprint density at radius 3 is 2.90 bits per heavy atom. The number of carbonyl (C=O) groups is 1. The normalized spacial score (nSPS) is 24.4. The van der Waals surface area contributed by atoms with E-state index in [0.29, 0.717) is 19.8 Å². The summed E-state index contributed by atoms with van der Waals surface area (Å²) >= 11 is 0. The maximum Gasteiger partial charge on any atom is 0.251 e. The number of benzene rings is 1. The van der Waals surface area contributed by atoms with E-state index in [1.54, 1.807) is 11.9 Å². The first-order valence-corrected chi connectivity index (χ1v) is 6.99. The molecule has 5 nitrogen and oxygen atoms in total. The summed E-state index contributed by atoms with van der Waals surface area (Å²) < 4.78 is 16.9. The number of hydrogen-bond acceptors (Lipinski definition) is 4. The zero-order chi connectivity index (χ0) is 13.9. The molecule has 0 bridgehead atoms. The predicted molar refractivity (Wildman–Crippen MR) is 73.0 cm³/mol. The fourth-order valence-corrected chi connectivity index (χ4v) is 2.57. The highest BCUT2D eigenvalue weighted by Crippen LogP contribution is 2.31. The maximum atomic E-state index is 12.2. The van der Waals surface area contributed by atoms with Crippen molar-refractivity contribution in [1.29, 1.82) is 0 Å². The quantitative estimate of drug-likeness (QED) is 0.839. The van der Waals surface area contributed by atoms with Crippen LogP contribution in [0.3, 0.4) is 0 Å². The first-order valence-electron chi connectivity index (χ1n) is 6.99. The Labute approximate surface area is 118 Å². The minimum Gasteiger partial charge on any atom is -0.486 e.